The van der Waals surface area contributed by atoms with Gasteiger partial charge in [-0.2, -0.15) is 13.2 Å². The van der Waals surface area contributed by atoms with E-state index in [-0.39, 0.29) is 16.3 Å². The molecular weight excluding hydrogens is 337 g/mol. The van der Waals surface area contributed by atoms with Crippen molar-refractivity contribution in [3.05, 3.63) is 46.1 Å². The molecule has 124 valence electrons. The van der Waals surface area contributed by atoms with Crippen molar-refractivity contribution >= 4 is 23.6 Å². The number of allylic oxidation sites excluding steroid dienone is 1. The van der Waals surface area contributed by atoms with E-state index in [1.54, 1.807) is 24.3 Å². The lowest BCUT2D eigenvalue weighted by Crippen LogP contribution is -2.45. The van der Waals surface area contributed by atoms with Crippen LogP contribution in [-0.4, -0.2) is 24.8 Å². The number of nitrogens with one attached hydrogen (secondary N) is 2. The molecule has 1 aromatic rings. The molecule has 5 nitrogen and oxygen atoms in total. The molecule has 0 aromatic heterocycles. The molecule has 1 aliphatic rings. The summed E-state index contributed by atoms with van der Waals surface area (Å²) in [5, 5.41) is 5.05. The summed E-state index contributed by atoms with van der Waals surface area (Å²) in [7, 11) is 0. The Morgan fingerprint density at radius 3 is 2.61 bits per heavy atom. The van der Waals surface area contributed by atoms with Gasteiger partial charge in [-0.3, -0.25) is 0 Å². The van der Waals surface area contributed by atoms with E-state index < -0.39 is 30.8 Å². The fourth-order valence-electron chi connectivity index (χ4n) is 2.13. The normalized spacial score (nSPS) is 18.3. The number of esters is 1. The van der Waals surface area contributed by atoms with E-state index >= 15 is 0 Å². The van der Waals surface area contributed by atoms with E-state index in [0.29, 0.717) is 5.56 Å². The third-order valence-corrected chi connectivity index (χ3v) is 3.42. The first-order valence-corrected chi connectivity index (χ1v) is 6.83. The molecule has 0 bridgehead atoms. The first-order chi connectivity index (χ1) is 10.7. The molecule has 2 N–H and O–H groups in total. The Morgan fingerprint density at radius 2 is 2.00 bits per heavy atom. The number of amides is 2. The lowest BCUT2D eigenvalue weighted by Gasteiger charge is -2.28. The number of halogens is 4. The third kappa shape index (κ3) is 4.16. The number of benzene rings is 1. The van der Waals surface area contributed by atoms with E-state index in [1.165, 1.54) is 6.92 Å². The molecule has 1 atom stereocenters. The minimum absolute atomic E-state index is 0.103. The number of rotatable bonds is 3. The van der Waals surface area contributed by atoms with Crippen LogP contribution in [0.3, 0.4) is 0 Å². The van der Waals surface area contributed by atoms with Crippen molar-refractivity contribution in [1.29, 1.82) is 0 Å². The van der Waals surface area contributed by atoms with E-state index in [2.05, 4.69) is 15.4 Å². The summed E-state index contributed by atoms with van der Waals surface area (Å²) in [5.41, 5.74) is 0.343. The maximum Gasteiger partial charge on any atom is 0.422 e. The monoisotopic (exact) mass is 348 g/mol. The highest BCUT2D eigenvalue weighted by Gasteiger charge is 2.36. The van der Waals surface area contributed by atoms with Gasteiger partial charge in [0.25, 0.3) is 0 Å². The number of ether oxygens (including phenoxy) is 1. The molecule has 0 fully saturated rings. The molecule has 1 aliphatic heterocycles. The Hall–Kier alpha value is -2.22. The van der Waals surface area contributed by atoms with E-state index in [0.717, 1.165) is 0 Å². The van der Waals surface area contributed by atoms with Gasteiger partial charge in [-0.25, -0.2) is 9.59 Å². The van der Waals surface area contributed by atoms with Crippen molar-refractivity contribution in [3.63, 3.8) is 0 Å². The quantitative estimate of drug-likeness (QED) is 0.825. The number of hydrogen-bond donors (Lipinski definition) is 2. The number of carbonyl (C=O) groups is 2. The van der Waals surface area contributed by atoms with Crippen LogP contribution in [0.25, 0.3) is 0 Å². The van der Waals surface area contributed by atoms with Crippen molar-refractivity contribution in [1.82, 2.24) is 10.6 Å². The maximum absolute atomic E-state index is 12.2. The van der Waals surface area contributed by atoms with E-state index in [4.69, 9.17) is 11.6 Å². The fraction of sp³-hybridized carbons (Fsp3) is 0.286. The molecular formula is C14H12ClF3N2O3. The molecule has 0 radical (unpaired) electrons. The highest BCUT2D eigenvalue weighted by Crippen LogP contribution is 2.32. The van der Waals surface area contributed by atoms with Crippen LogP contribution in [-0.2, 0) is 9.53 Å². The zero-order valence-corrected chi connectivity index (χ0v) is 12.6. The Morgan fingerprint density at radius 1 is 1.35 bits per heavy atom. The number of carbonyl (C=O) groups excluding carboxylic acids is 2. The topological polar surface area (TPSA) is 67.4 Å². The number of hydrogen-bond acceptors (Lipinski definition) is 3. The van der Waals surface area contributed by atoms with E-state index in [1.807, 2.05) is 0 Å². The minimum Gasteiger partial charge on any atom is -0.453 e. The van der Waals surface area contributed by atoms with Crippen LogP contribution in [0.5, 0.6) is 0 Å². The van der Waals surface area contributed by atoms with Gasteiger partial charge in [0.15, 0.2) is 6.61 Å². The van der Waals surface area contributed by atoms with Crippen LogP contribution >= 0.6 is 11.6 Å². The molecule has 1 heterocycles. The van der Waals surface area contributed by atoms with Crippen LogP contribution < -0.4 is 10.6 Å². The van der Waals surface area contributed by atoms with Crippen molar-refractivity contribution in [2.75, 3.05) is 6.61 Å². The van der Waals surface area contributed by atoms with Crippen LogP contribution in [0.15, 0.2) is 35.5 Å². The van der Waals surface area contributed by atoms with E-state index in [9.17, 15) is 22.8 Å². The summed E-state index contributed by atoms with van der Waals surface area (Å²) in [5.74, 6) is -1.18. The molecule has 0 saturated carbocycles. The molecule has 1 unspecified atom stereocenters. The van der Waals surface area contributed by atoms with Crippen LogP contribution in [0.2, 0.25) is 5.02 Å². The third-order valence-electron chi connectivity index (χ3n) is 3.07. The SMILES string of the molecule is CC1=C(C(=O)OCC(F)(F)F)C(c2ccccc2Cl)NC(=O)N1. The van der Waals surface area contributed by atoms with Gasteiger partial charge in [-0.05, 0) is 18.6 Å². The van der Waals surface area contributed by atoms with Gasteiger partial charge in [0.05, 0.1) is 11.6 Å². The average Bonchev–Trinajstić information content (AvgIpc) is 2.43. The number of urea groups is 1. The highest BCUT2D eigenvalue weighted by molar-refractivity contribution is 6.31. The number of alkyl halides is 3. The second kappa shape index (κ2) is 6.49. The lowest BCUT2D eigenvalue weighted by atomic mass is 9.95. The maximum atomic E-state index is 12.2. The molecule has 2 amide bonds. The molecule has 0 saturated heterocycles. The average molecular weight is 349 g/mol. The van der Waals surface area contributed by atoms with Crippen molar-refractivity contribution < 1.29 is 27.5 Å². The lowest BCUT2D eigenvalue weighted by molar-refractivity contribution is -0.183. The molecule has 0 aliphatic carbocycles. The molecule has 1 aromatic carbocycles. The van der Waals surface area contributed by atoms with Crippen molar-refractivity contribution in [2.24, 2.45) is 0 Å². The van der Waals surface area contributed by atoms with Crippen molar-refractivity contribution in [3.8, 4) is 0 Å². The Bertz CT molecular complexity index is 673. The fourth-order valence-corrected chi connectivity index (χ4v) is 2.38. The van der Waals surface area contributed by atoms with Crippen LogP contribution in [0.4, 0.5) is 18.0 Å². The largest absolute Gasteiger partial charge is 0.453 e. The summed E-state index contributed by atoms with van der Waals surface area (Å²) < 4.78 is 41.0. The summed E-state index contributed by atoms with van der Waals surface area (Å²) in [6.45, 7) is -0.321. The zero-order chi connectivity index (χ0) is 17.2. The first kappa shape index (κ1) is 17.1. The van der Waals surface area contributed by atoms with Crippen LogP contribution in [0.1, 0.15) is 18.5 Å². The van der Waals surface area contributed by atoms with Gasteiger partial charge in [0.1, 0.15) is 0 Å². The van der Waals surface area contributed by atoms with Gasteiger partial charge >= 0.3 is 18.2 Å². The second-order valence-electron chi connectivity index (χ2n) is 4.78. The first-order valence-electron chi connectivity index (χ1n) is 6.45. The summed E-state index contributed by atoms with van der Waals surface area (Å²) in [4.78, 5) is 23.7. The highest BCUT2D eigenvalue weighted by atomic mass is 35.5. The predicted molar refractivity (Wildman–Crippen MR) is 75.6 cm³/mol. The summed E-state index contributed by atoms with van der Waals surface area (Å²) >= 11 is 6.05. The van der Waals surface area contributed by atoms with Gasteiger partial charge in [0.2, 0.25) is 0 Å². The second-order valence-corrected chi connectivity index (χ2v) is 5.19. The smallest absolute Gasteiger partial charge is 0.422 e. The Labute approximate surface area is 134 Å². The van der Waals surface area contributed by atoms with Gasteiger partial charge < -0.3 is 15.4 Å². The Balaban J connectivity index is 2.36. The molecule has 23 heavy (non-hydrogen) atoms. The summed E-state index contributed by atoms with van der Waals surface area (Å²) in [6, 6.07) is 4.77. The van der Waals surface area contributed by atoms with Gasteiger partial charge in [-0.1, -0.05) is 29.8 Å². The predicted octanol–water partition coefficient (Wildman–Crippen LogP) is 3.07. The molecule has 0 spiro atoms. The van der Waals surface area contributed by atoms with Crippen LogP contribution in [0, 0.1) is 0 Å². The summed E-state index contributed by atoms with van der Waals surface area (Å²) in [6.07, 6.45) is -4.64. The van der Waals surface area contributed by atoms with Crippen molar-refractivity contribution in [2.45, 2.75) is 19.1 Å². The molecule has 2 rings (SSSR count). The van der Waals surface area contributed by atoms with Gasteiger partial charge in [-0.15, -0.1) is 0 Å². The molecule has 9 heteroatoms. The van der Waals surface area contributed by atoms with Gasteiger partial charge in [0, 0.05) is 10.7 Å². The minimum atomic E-state index is -4.64. The Kier molecular flexibility index (Phi) is 4.84. The standard InChI is InChI=1S/C14H12ClF3N2O3/c1-7-10(12(21)23-6-14(16,17)18)11(20-13(22)19-7)8-4-2-3-5-9(8)15/h2-5,11H,6H2,1H3,(H2,19,20,22). The zero-order valence-electron chi connectivity index (χ0n) is 11.8.